The number of rotatable bonds is 1. The van der Waals surface area contributed by atoms with Crippen molar-refractivity contribution in [1.82, 2.24) is 0 Å². The van der Waals surface area contributed by atoms with Gasteiger partial charge in [0.15, 0.2) is 0 Å². The molecular weight excluding hydrogens is 298 g/mol. The maximum Gasteiger partial charge on any atom is 0.429 e. The average Bonchev–Trinajstić information content (AvgIpc) is 2.37. The molecule has 0 radical (unpaired) electrons. The molecule has 0 fully saturated rings. The van der Waals surface area contributed by atoms with Crippen molar-refractivity contribution in [2.45, 2.75) is 25.2 Å². The lowest BCUT2D eigenvalue weighted by Crippen LogP contribution is -2.24. The molecule has 0 bridgehead atoms. The Morgan fingerprint density at radius 1 is 0.952 bits per heavy atom. The third-order valence-corrected chi connectivity index (χ3v) is 3.06. The molecule has 1 aliphatic rings. The molecule has 0 amide bonds. The van der Waals surface area contributed by atoms with E-state index in [1.807, 2.05) is 0 Å². The van der Waals surface area contributed by atoms with Crippen LogP contribution in [0.1, 0.15) is 24.0 Å². The first-order valence-corrected chi connectivity index (χ1v) is 5.89. The highest BCUT2D eigenvalue weighted by atomic mass is 19.4. The average molecular weight is 308 g/mol. The molecule has 114 valence electrons. The Bertz CT molecular complexity index is 610. The highest BCUT2D eigenvalue weighted by Gasteiger charge is 2.36. The normalized spacial score (nSPS) is 16.5. The van der Waals surface area contributed by atoms with Gasteiger partial charge in [-0.15, -0.1) is 0 Å². The highest BCUT2D eigenvalue weighted by Crippen LogP contribution is 2.36. The second-order valence-electron chi connectivity index (χ2n) is 4.53. The third-order valence-electron chi connectivity index (χ3n) is 3.06. The number of nitrogens with zero attached hydrogens (tertiary/aromatic N) is 1. The lowest BCUT2D eigenvalue weighted by atomic mass is 9.95. The molecule has 21 heavy (non-hydrogen) atoms. The lowest BCUT2D eigenvalue weighted by molar-refractivity contribution is -0.137. The zero-order valence-corrected chi connectivity index (χ0v) is 10.5. The van der Waals surface area contributed by atoms with Crippen molar-refractivity contribution >= 4 is 17.0 Å². The van der Waals surface area contributed by atoms with E-state index in [4.69, 9.17) is 5.73 Å². The van der Waals surface area contributed by atoms with Crippen LogP contribution >= 0.6 is 0 Å². The fraction of sp³-hybridized carbons (Fsp3) is 0.308. The number of nitrogen functional groups attached to an aromatic ring is 1. The van der Waals surface area contributed by atoms with Crippen LogP contribution in [0.5, 0.6) is 0 Å². The molecule has 0 aliphatic carbocycles. The number of anilines is 1. The summed E-state index contributed by atoms with van der Waals surface area (Å²) >= 11 is 0. The molecule has 0 spiro atoms. The van der Waals surface area contributed by atoms with Gasteiger partial charge in [0.1, 0.15) is 5.71 Å². The fourth-order valence-corrected chi connectivity index (χ4v) is 1.97. The van der Waals surface area contributed by atoms with Crippen LogP contribution in [0, 0.1) is 0 Å². The first-order valence-electron chi connectivity index (χ1n) is 5.89. The van der Waals surface area contributed by atoms with Crippen LogP contribution in [0.3, 0.4) is 0 Å². The number of halogens is 6. The van der Waals surface area contributed by atoms with Crippen LogP contribution in [0.2, 0.25) is 0 Å². The van der Waals surface area contributed by atoms with Gasteiger partial charge in [0.2, 0.25) is 0 Å². The molecule has 1 aromatic rings. The minimum atomic E-state index is -4.54. The number of allylic oxidation sites excluding steroid dienone is 1. The van der Waals surface area contributed by atoms with E-state index in [9.17, 15) is 26.3 Å². The second-order valence-corrected chi connectivity index (χ2v) is 4.53. The van der Waals surface area contributed by atoms with Crippen molar-refractivity contribution in [3.05, 3.63) is 35.5 Å². The first kappa shape index (κ1) is 15.4. The maximum atomic E-state index is 12.6. The number of hydrogen-bond acceptors (Lipinski definition) is 2. The van der Waals surface area contributed by atoms with Gasteiger partial charge in [-0.25, -0.2) is 0 Å². The van der Waals surface area contributed by atoms with Crippen molar-refractivity contribution in [2.24, 2.45) is 4.99 Å². The van der Waals surface area contributed by atoms with Gasteiger partial charge in [0.05, 0.1) is 5.56 Å². The van der Waals surface area contributed by atoms with Crippen LogP contribution in [0.4, 0.5) is 32.0 Å². The van der Waals surface area contributed by atoms with Crippen LogP contribution in [0.15, 0.2) is 29.4 Å². The second kappa shape index (κ2) is 5.09. The minimum absolute atomic E-state index is 0.0646. The third kappa shape index (κ3) is 3.37. The molecule has 1 heterocycles. The summed E-state index contributed by atoms with van der Waals surface area (Å²) in [6.07, 6.45) is -8.59. The van der Waals surface area contributed by atoms with Gasteiger partial charge < -0.3 is 5.73 Å². The zero-order valence-electron chi connectivity index (χ0n) is 10.5. The van der Waals surface area contributed by atoms with Crippen LogP contribution in [-0.2, 0) is 6.18 Å². The predicted octanol–water partition coefficient (Wildman–Crippen LogP) is 4.43. The van der Waals surface area contributed by atoms with Gasteiger partial charge in [-0.3, -0.25) is 4.99 Å². The number of nitrogens with two attached hydrogens (primary N) is 1. The predicted molar refractivity (Wildman–Crippen MR) is 66.6 cm³/mol. The van der Waals surface area contributed by atoms with Gasteiger partial charge in [-0.1, -0.05) is 0 Å². The van der Waals surface area contributed by atoms with E-state index in [2.05, 4.69) is 4.99 Å². The summed E-state index contributed by atoms with van der Waals surface area (Å²) in [6.45, 7) is 0. The Hall–Kier alpha value is -1.99. The molecule has 1 aliphatic heterocycles. The Kier molecular flexibility index (Phi) is 3.73. The molecule has 0 saturated heterocycles. The Morgan fingerprint density at radius 2 is 1.62 bits per heavy atom. The van der Waals surface area contributed by atoms with Crippen molar-refractivity contribution in [1.29, 1.82) is 0 Å². The summed E-state index contributed by atoms with van der Waals surface area (Å²) in [5, 5.41) is 0. The Balaban J connectivity index is 2.40. The summed E-state index contributed by atoms with van der Waals surface area (Å²) in [5.41, 5.74) is 4.14. The summed E-state index contributed by atoms with van der Waals surface area (Å²) in [6, 6.07) is 2.74. The van der Waals surface area contributed by atoms with Crippen LogP contribution in [-0.4, -0.2) is 11.9 Å². The molecule has 2 nitrogen and oxygen atoms in total. The number of benzene rings is 1. The van der Waals surface area contributed by atoms with Gasteiger partial charge in [-0.05, 0) is 36.6 Å². The van der Waals surface area contributed by atoms with E-state index in [-0.39, 0.29) is 29.7 Å². The van der Waals surface area contributed by atoms with E-state index < -0.39 is 23.6 Å². The number of hydrogen-bond donors (Lipinski definition) is 1. The van der Waals surface area contributed by atoms with E-state index in [1.165, 1.54) is 0 Å². The van der Waals surface area contributed by atoms with E-state index in [0.29, 0.717) is 0 Å². The molecule has 2 rings (SSSR count). The molecule has 1 aromatic carbocycles. The zero-order chi connectivity index (χ0) is 15.8. The lowest BCUT2D eigenvalue weighted by Gasteiger charge is -2.18. The molecule has 0 unspecified atom stereocenters. The first-order chi connectivity index (χ1) is 9.59. The topological polar surface area (TPSA) is 38.4 Å². The van der Waals surface area contributed by atoms with E-state index in [1.54, 1.807) is 0 Å². The summed E-state index contributed by atoms with van der Waals surface area (Å²) in [7, 11) is 0. The summed E-state index contributed by atoms with van der Waals surface area (Å²) in [5.74, 6) is 0. The standard InChI is InChI=1S/C13H10F6N2/c14-12(15,16)8-2-3-10(20)9(5-8)7-1-4-11(21-6-7)13(17,18)19/h2-3,5-6H,1,4,20H2. The van der Waals surface area contributed by atoms with Crippen molar-refractivity contribution in [3.8, 4) is 0 Å². The highest BCUT2D eigenvalue weighted by molar-refractivity contribution is 5.94. The largest absolute Gasteiger partial charge is 0.429 e. The molecule has 8 heteroatoms. The van der Waals surface area contributed by atoms with E-state index in [0.717, 1.165) is 24.4 Å². The van der Waals surface area contributed by atoms with E-state index >= 15 is 0 Å². The molecule has 0 saturated carbocycles. The smallest absolute Gasteiger partial charge is 0.398 e. The molecule has 2 N–H and O–H groups in total. The van der Waals surface area contributed by atoms with Gasteiger partial charge in [0, 0.05) is 17.5 Å². The maximum absolute atomic E-state index is 12.6. The van der Waals surface area contributed by atoms with Crippen LogP contribution < -0.4 is 5.73 Å². The van der Waals surface area contributed by atoms with Crippen molar-refractivity contribution < 1.29 is 26.3 Å². The molecule has 0 aromatic heterocycles. The molecule has 0 atom stereocenters. The number of alkyl halides is 6. The van der Waals surface area contributed by atoms with Gasteiger partial charge in [-0.2, -0.15) is 26.3 Å². The minimum Gasteiger partial charge on any atom is -0.398 e. The number of aliphatic imine (C=N–C) groups is 1. The van der Waals surface area contributed by atoms with Crippen molar-refractivity contribution in [2.75, 3.05) is 5.73 Å². The van der Waals surface area contributed by atoms with Gasteiger partial charge in [0.25, 0.3) is 0 Å². The SMILES string of the molecule is Nc1ccc(C(F)(F)F)cc1C1=CN=C(C(F)(F)F)CC1. The van der Waals surface area contributed by atoms with Gasteiger partial charge >= 0.3 is 12.4 Å². The quantitative estimate of drug-likeness (QED) is 0.605. The monoisotopic (exact) mass is 308 g/mol. The summed E-state index contributed by atoms with van der Waals surface area (Å²) in [4.78, 5) is 3.28. The Morgan fingerprint density at radius 3 is 2.10 bits per heavy atom. The fourth-order valence-electron chi connectivity index (χ4n) is 1.97. The van der Waals surface area contributed by atoms with Crippen molar-refractivity contribution in [3.63, 3.8) is 0 Å². The summed E-state index contributed by atoms with van der Waals surface area (Å²) < 4.78 is 75.3. The van der Waals surface area contributed by atoms with Crippen LogP contribution in [0.25, 0.3) is 5.57 Å². The molecular formula is C13H10F6N2. The Labute approximate surface area is 116 Å².